The molecule has 0 saturated heterocycles. The van der Waals surface area contributed by atoms with Gasteiger partial charge in [-0.1, -0.05) is 6.07 Å². The molecule has 0 fully saturated rings. The van der Waals surface area contributed by atoms with Gasteiger partial charge < -0.3 is 4.74 Å². The number of sulfone groups is 1. The average Bonchev–Trinajstić information content (AvgIpc) is 2.83. The fourth-order valence-corrected chi connectivity index (χ4v) is 3.67. The first-order valence-corrected chi connectivity index (χ1v) is 8.58. The summed E-state index contributed by atoms with van der Waals surface area (Å²) in [6.45, 7) is 3.49. The number of carbonyl (C=O) groups excluding carboxylic acids is 1. The molecule has 0 N–H and O–H groups in total. The molecule has 1 aliphatic rings. The van der Waals surface area contributed by atoms with E-state index in [4.69, 9.17) is 4.74 Å². The summed E-state index contributed by atoms with van der Waals surface area (Å²) in [6.07, 6.45) is 2.73. The normalized spacial score (nSPS) is 14.3. The van der Waals surface area contributed by atoms with Crippen molar-refractivity contribution < 1.29 is 17.9 Å². The standard InChI is InChI=1S/C15H20O4S/c1-11(2)19-15(16)8-9-20(17,18)14-7-6-12-4-3-5-13(12)10-14/h6-7,10-11H,3-5,8-9H2,1-2H3. The summed E-state index contributed by atoms with van der Waals surface area (Å²) in [5.41, 5.74) is 2.36. The number of aryl methyl sites for hydroxylation is 2. The van der Waals surface area contributed by atoms with Crippen molar-refractivity contribution in [3.8, 4) is 0 Å². The molecule has 0 spiro atoms. The van der Waals surface area contributed by atoms with Crippen molar-refractivity contribution >= 4 is 15.8 Å². The molecule has 0 bridgehead atoms. The number of ether oxygens (including phenoxy) is 1. The lowest BCUT2D eigenvalue weighted by Crippen LogP contribution is -2.16. The van der Waals surface area contributed by atoms with Gasteiger partial charge in [-0.2, -0.15) is 0 Å². The predicted octanol–water partition coefficient (Wildman–Crippen LogP) is 2.29. The van der Waals surface area contributed by atoms with Gasteiger partial charge >= 0.3 is 5.97 Å². The minimum Gasteiger partial charge on any atom is -0.463 e. The molecule has 0 saturated carbocycles. The van der Waals surface area contributed by atoms with E-state index in [0.717, 1.165) is 24.8 Å². The third-order valence-corrected chi connectivity index (χ3v) is 5.08. The summed E-state index contributed by atoms with van der Waals surface area (Å²) in [7, 11) is -3.41. The third-order valence-electron chi connectivity index (χ3n) is 3.37. The van der Waals surface area contributed by atoms with Gasteiger partial charge in [0.15, 0.2) is 9.84 Å². The maximum Gasteiger partial charge on any atom is 0.307 e. The lowest BCUT2D eigenvalue weighted by molar-refractivity contribution is -0.146. The van der Waals surface area contributed by atoms with Gasteiger partial charge in [-0.25, -0.2) is 8.42 Å². The summed E-state index contributed by atoms with van der Waals surface area (Å²) in [6, 6.07) is 5.29. The van der Waals surface area contributed by atoms with E-state index in [1.807, 2.05) is 6.07 Å². The fraction of sp³-hybridized carbons (Fsp3) is 0.533. The molecule has 0 radical (unpaired) electrons. The highest BCUT2D eigenvalue weighted by Gasteiger charge is 2.20. The second kappa shape index (κ2) is 5.95. The van der Waals surface area contributed by atoms with Crippen molar-refractivity contribution in [1.82, 2.24) is 0 Å². The smallest absolute Gasteiger partial charge is 0.307 e. The third kappa shape index (κ3) is 3.60. The second-order valence-corrected chi connectivity index (χ2v) is 7.50. The summed E-state index contributed by atoms with van der Waals surface area (Å²) >= 11 is 0. The van der Waals surface area contributed by atoms with E-state index in [2.05, 4.69) is 0 Å². The highest BCUT2D eigenvalue weighted by molar-refractivity contribution is 7.91. The molecule has 4 nitrogen and oxygen atoms in total. The van der Waals surface area contributed by atoms with Gasteiger partial charge in [0, 0.05) is 0 Å². The Balaban J connectivity index is 2.05. The largest absolute Gasteiger partial charge is 0.463 e. The second-order valence-electron chi connectivity index (χ2n) is 5.39. The van der Waals surface area contributed by atoms with Gasteiger partial charge in [0.25, 0.3) is 0 Å². The highest BCUT2D eigenvalue weighted by Crippen LogP contribution is 2.25. The molecule has 1 aromatic rings. The van der Waals surface area contributed by atoms with E-state index in [1.54, 1.807) is 26.0 Å². The molecule has 20 heavy (non-hydrogen) atoms. The Kier molecular flexibility index (Phi) is 4.48. The van der Waals surface area contributed by atoms with Crippen molar-refractivity contribution in [1.29, 1.82) is 0 Å². The first-order valence-electron chi connectivity index (χ1n) is 6.92. The van der Waals surface area contributed by atoms with Gasteiger partial charge in [0.05, 0.1) is 23.2 Å². The van der Waals surface area contributed by atoms with Gasteiger partial charge in [-0.15, -0.1) is 0 Å². The minimum absolute atomic E-state index is 0.0996. The number of hydrogen-bond acceptors (Lipinski definition) is 4. The monoisotopic (exact) mass is 296 g/mol. The average molecular weight is 296 g/mol. The van der Waals surface area contributed by atoms with Crippen molar-refractivity contribution in [2.24, 2.45) is 0 Å². The Morgan fingerprint density at radius 2 is 1.95 bits per heavy atom. The van der Waals surface area contributed by atoms with Gasteiger partial charge in [0.1, 0.15) is 0 Å². The zero-order chi connectivity index (χ0) is 14.8. The van der Waals surface area contributed by atoms with Crippen LogP contribution >= 0.6 is 0 Å². The van der Waals surface area contributed by atoms with Crippen molar-refractivity contribution in [2.45, 2.75) is 50.5 Å². The van der Waals surface area contributed by atoms with E-state index >= 15 is 0 Å². The number of carbonyl (C=O) groups is 1. The topological polar surface area (TPSA) is 60.4 Å². The van der Waals surface area contributed by atoms with Crippen LogP contribution in [0.25, 0.3) is 0 Å². The van der Waals surface area contributed by atoms with Gasteiger partial charge in [-0.3, -0.25) is 4.79 Å². The molecular formula is C15H20O4S. The van der Waals surface area contributed by atoms with E-state index in [0.29, 0.717) is 4.90 Å². The zero-order valence-corrected chi connectivity index (χ0v) is 12.7. The fourth-order valence-electron chi connectivity index (χ4n) is 2.40. The molecular weight excluding hydrogens is 276 g/mol. The van der Waals surface area contributed by atoms with Crippen molar-refractivity contribution in [3.63, 3.8) is 0 Å². The molecule has 1 aromatic carbocycles. The van der Waals surface area contributed by atoms with Crippen molar-refractivity contribution in [2.75, 3.05) is 5.75 Å². The molecule has 5 heteroatoms. The maximum absolute atomic E-state index is 12.2. The molecule has 0 aliphatic heterocycles. The Bertz CT molecular complexity index is 602. The van der Waals surface area contributed by atoms with Crippen LogP contribution in [-0.2, 0) is 32.2 Å². The number of hydrogen-bond donors (Lipinski definition) is 0. The maximum atomic E-state index is 12.2. The number of rotatable bonds is 5. The van der Waals surface area contributed by atoms with E-state index in [-0.39, 0.29) is 18.3 Å². The molecule has 0 aromatic heterocycles. The number of fused-ring (bicyclic) bond motifs is 1. The molecule has 2 rings (SSSR count). The molecule has 110 valence electrons. The highest BCUT2D eigenvalue weighted by atomic mass is 32.2. The minimum atomic E-state index is -3.41. The van der Waals surface area contributed by atoms with E-state index in [9.17, 15) is 13.2 Å². The molecule has 0 unspecified atom stereocenters. The summed E-state index contributed by atoms with van der Waals surface area (Å²) < 4.78 is 29.4. The Hall–Kier alpha value is -1.36. The Morgan fingerprint density at radius 3 is 2.65 bits per heavy atom. The number of esters is 1. The van der Waals surface area contributed by atoms with E-state index < -0.39 is 15.8 Å². The van der Waals surface area contributed by atoms with Gasteiger partial charge in [0.2, 0.25) is 0 Å². The van der Waals surface area contributed by atoms with Crippen LogP contribution in [0.1, 0.15) is 37.8 Å². The summed E-state index contributed by atoms with van der Waals surface area (Å²) in [5, 5.41) is 0. The van der Waals surface area contributed by atoms with Crippen LogP contribution in [-0.4, -0.2) is 26.2 Å². The zero-order valence-electron chi connectivity index (χ0n) is 11.9. The first-order chi connectivity index (χ1) is 9.38. The predicted molar refractivity (Wildman–Crippen MR) is 76.4 cm³/mol. The van der Waals surface area contributed by atoms with Gasteiger partial charge in [-0.05, 0) is 56.4 Å². The van der Waals surface area contributed by atoms with Crippen LogP contribution in [0.5, 0.6) is 0 Å². The van der Waals surface area contributed by atoms with Crippen LogP contribution < -0.4 is 0 Å². The number of benzene rings is 1. The first kappa shape index (κ1) is 15.0. The van der Waals surface area contributed by atoms with Crippen LogP contribution in [0.3, 0.4) is 0 Å². The van der Waals surface area contributed by atoms with Crippen molar-refractivity contribution in [3.05, 3.63) is 29.3 Å². The van der Waals surface area contributed by atoms with Crippen LogP contribution in [0.15, 0.2) is 23.1 Å². The molecule has 1 aliphatic carbocycles. The van der Waals surface area contributed by atoms with E-state index in [1.165, 1.54) is 5.56 Å². The Labute approximate surface area is 120 Å². The lowest BCUT2D eigenvalue weighted by atomic mass is 10.1. The van der Waals surface area contributed by atoms with Crippen LogP contribution in [0.2, 0.25) is 0 Å². The SMILES string of the molecule is CC(C)OC(=O)CCS(=O)(=O)c1ccc2c(c1)CCC2. The van der Waals surface area contributed by atoms with Crippen LogP contribution in [0.4, 0.5) is 0 Å². The molecule has 0 amide bonds. The summed E-state index contributed by atoms with van der Waals surface area (Å²) in [4.78, 5) is 11.7. The summed E-state index contributed by atoms with van der Waals surface area (Å²) in [5.74, 6) is -0.665. The van der Waals surface area contributed by atoms with Crippen LogP contribution in [0, 0.1) is 0 Å². The molecule has 0 atom stereocenters. The molecule has 0 heterocycles. The quantitative estimate of drug-likeness (QED) is 0.782. The lowest BCUT2D eigenvalue weighted by Gasteiger charge is -2.09. The Morgan fingerprint density at radius 1 is 1.25 bits per heavy atom.